The van der Waals surface area contributed by atoms with Gasteiger partial charge in [-0.05, 0) is 43.7 Å². The highest BCUT2D eigenvalue weighted by Gasteiger charge is 2.22. The average molecular weight is 412 g/mol. The van der Waals surface area contributed by atoms with Crippen LogP contribution in [0.3, 0.4) is 0 Å². The minimum Gasteiger partial charge on any atom is -0.497 e. The van der Waals surface area contributed by atoms with Gasteiger partial charge in [0.05, 0.1) is 30.4 Å². The lowest BCUT2D eigenvalue weighted by Crippen LogP contribution is -2.18. The van der Waals surface area contributed by atoms with Crippen LogP contribution in [0, 0.1) is 13.8 Å². The van der Waals surface area contributed by atoms with E-state index in [-0.39, 0.29) is 17.1 Å². The van der Waals surface area contributed by atoms with Gasteiger partial charge in [0, 0.05) is 11.3 Å². The highest BCUT2D eigenvalue weighted by molar-refractivity contribution is 7.91. The first-order valence-corrected chi connectivity index (χ1v) is 10.5. The van der Waals surface area contributed by atoms with Crippen LogP contribution < -0.4 is 10.1 Å². The van der Waals surface area contributed by atoms with Crippen molar-refractivity contribution in [2.45, 2.75) is 25.2 Å². The lowest BCUT2D eigenvalue weighted by atomic mass is 10.1. The van der Waals surface area contributed by atoms with Gasteiger partial charge in [-0.15, -0.1) is 11.3 Å². The molecule has 0 saturated carbocycles. The van der Waals surface area contributed by atoms with Crippen LogP contribution in [0.15, 0.2) is 29.2 Å². The molecule has 1 aromatic heterocycles. The number of benzene rings is 1. The summed E-state index contributed by atoms with van der Waals surface area (Å²) in [5.41, 5.74) is 1.03. The average Bonchev–Trinajstić information content (AvgIpc) is 2.93. The zero-order valence-corrected chi connectivity index (χ0v) is 17.1. The molecular weight excluding hydrogens is 390 g/mol. The number of esters is 1. The standard InChI is InChI=1S/C18H21NO6S2/c1-11-12(2)26-17(16(11)18(21)25-4)19-15(20)9-10-27(22,23)14-7-5-13(24-3)6-8-14/h5-8H,9-10H2,1-4H3,(H,19,20). The van der Waals surface area contributed by atoms with Gasteiger partial charge in [0.25, 0.3) is 0 Å². The maximum absolute atomic E-state index is 12.4. The van der Waals surface area contributed by atoms with E-state index in [9.17, 15) is 18.0 Å². The summed E-state index contributed by atoms with van der Waals surface area (Å²) in [6, 6.07) is 5.97. The van der Waals surface area contributed by atoms with Crippen LogP contribution in [0.25, 0.3) is 0 Å². The Labute approximate surface area is 162 Å². The Balaban J connectivity index is 2.08. The summed E-state index contributed by atoms with van der Waals surface area (Å²) < 4.78 is 34.5. The Morgan fingerprint density at radius 1 is 1.11 bits per heavy atom. The first kappa shape index (κ1) is 20.9. The number of methoxy groups -OCH3 is 2. The molecule has 0 aliphatic heterocycles. The third-order valence-corrected chi connectivity index (χ3v) is 6.90. The van der Waals surface area contributed by atoms with Crippen molar-refractivity contribution >= 4 is 38.1 Å². The van der Waals surface area contributed by atoms with E-state index in [0.717, 1.165) is 10.4 Å². The first-order chi connectivity index (χ1) is 12.7. The second-order valence-electron chi connectivity index (χ2n) is 5.77. The van der Waals surface area contributed by atoms with Crippen molar-refractivity contribution in [3.8, 4) is 5.75 Å². The maximum atomic E-state index is 12.4. The Kier molecular flexibility index (Phi) is 6.61. The van der Waals surface area contributed by atoms with Gasteiger partial charge in [-0.3, -0.25) is 4.79 Å². The molecule has 0 saturated heterocycles. The minimum absolute atomic E-state index is 0.120. The number of hydrogen-bond donors (Lipinski definition) is 1. The molecule has 0 bridgehead atoms. The minimum atomic E-state index is -3.61. The van der Waals surface area contributed by atoms with Crippen molar-refractivity contribution in [1.82, 2.24) is 0 Å². The number of sulfone groups is 1. The van der Waals surface area contributed by atoms with E-state index >= 15 is 0 Å². The van der Waals surface area contributed by atoms with Crippen LogP contribution in [-0.4, -0.2) is 40.3 Å². The molecule has 0 unspecified atom stereocenters. The first-order valence-electron chi connectivity index (χ1n) is 8.04. The number of thiophene rings is 1. The van der Waals surface area contributed by atoms with Crippen molar-refractivity contribution in [3.63, 3.8) is 0 Å². The van der Waals surface area contributed by atoms with E-state index in [2.05, 4.69) is 5.32 Å². The summed E-state index contributed by atoms with van der Waals surface area (Å²) >= 11 is 1.25. The molecule has 1 heterocycles. The zero-order valence-electron chi connectivity index (χ0n) is 15.5. The Morgan fingerprint density at radius 3 is 2.30 bits per heavy atom. The molecule has 2 rings (SSSR count). The van der Waals surface area contributed by atoms with Crippen LogP contribution in [0.1, 0.15) is 27.2 Å². The van der Waals surface area contributed by atoms with Crippen LogP contribution in [-0.2, 0) is 19.4 Å². The summed E-state index contributed by atoms with van der Waals surface area (Å²) in [6.45, 7) is 3.60. The lowest BCUT2D eigenvalue weighted by Gasteiger charge is -2.08. The molecule has 0 spiro atoms. The topological polar surface area (TPSA) is 98.8 Å². The molecule has 1 aromatic carbocycles. The summed E-state index contributed by atoms with van der Waals surface area (Å²) in [4.78, 5) is 25.2. The van der Waals surface area contributed by atoms with Crippen LogP contribution >= 0.6 is 11.3 Å². The molecule has 0 fully saturated rings. The van der Waals surface area contributed by atoms with Gasteiger partial charge >= 0.3 is 5.97 Å². The van der Waals surface area contributed by atoms with Gasteiger partial charge < -0.3 is 14.8 Å². The van der Waals surface area contributed by atoms with Crippen molar-refractivity contribution in [2.75, 3.05) is 25.3 Å². The van der Waals surface area contributed by atoms with Gasteiger partial charge in [-0.1, -0.05) is 0 Å². The monoisotopic (exact) mass is 411 g/mol. The fraction of sp³-hybridized carbons (Fsp3) is 0.333. The second kappa shape index (κ2) is 8.53. The molecule has 27 heavy (non-hydrogen) atoms. The largest absolute Gasteiger partial charge is 0.497 e. The number of rotatable bonds is 7. The zero-order chi connectivity index (χ0) is 20.2. The summed E-state index contributed by atoms with van der Waals surface area (Å²) in [5, 5.41) is 2.99. The normalized spacial score (nSPS) is 11.1. The Morgan fingerprint density at radius 2 is 1.74 bits per heavy atom. The van der Waals surface area contributed by atoms with Gasteiger partial charge in [-0.2, -0.15) is 0 Å². The SMILES string of the molecule is COC(=O)c1c(NC(=O)CCS(=O)(=O)c2ccc(OC)cc2)sc(C)c1C. The van der Waals surface area contributed by atoms with E-state index < -0.39 is 21.7 Å². The van der Waals surface area contributed by atoms with Gasteiger partial charge in [0.2, 0.25) is 5.91 Å². The van der Waals surface area contributed by atoms with Crippen molar-refractivity contribution in [2.24, 2.45) is 0 Å². The smallest absolute Gasteiger partial charge is 0.341 e. The highest BCUT2D eigenvalue weighted by Crippen LogP contribution is 2.33. The molecule has 9 heteroatoms. The van der Waals surface area contributed by atoms with E-state index in [1.165, 1.54) is 37.7 Å². The molecule has 1 N–H and O–H groups in total. The van der Waals surface area contributed by atoms with E-state index in [1.54, 1.807) is 19.1 Å². The number of ether oxygens (including phenoxy) is 2. The van der Waals surface area contributed by atoms with E-state index in [4.69, 9.17) is 9.47 Å². The van der Waals surface area contributed by atoms with Crippen LogP contribution in [0.5, 0.6) is 5.75 Å². The molecule has 0 aliphatic rings. The Hall–Kier alpha value is -2.39. The number of amides is 1. The lowest BCUT2D eigenvalue weighted by molar-refractivity contribution is -0.115. The van der Waals surface area contributed by atoms with Gasteiger partial charge in [0.15, 0.2) is 9.84 Å². The molecular formula is C18H21NO6S2. The second-order valence-corrected chi connectivity index (χ2v) is 9.11. The highest BCUT2D eigenvalue weighted by atomic mass is 32.2. The predicted octanol–water partition coefficient (Wildman–Crippen LogP) is 2.96. The van der Waals surface area contributed by atoms with Crippen molar-refractivity contribution in [3.05, 3.63) is 40.3 Å². The summed E-state index contributed by atoms with van der Waals surface area (Å²) in [5.74, 6) is -0.829. The number of hydrogen-bond acceptors (Lipinski definition) is 7. The van der Waals surface area contributed by atoms with Crippen LogP contribution in [0.4, 0.5) is 5.00 Å². The van der Waals surface area contributed by atoms with E-state index in [1.807, 2.05) is 6.92 Å². The molecule has 2 aromatic rings. The predicted molar refractivity (Wildman–Crippen MR) is 103 cm³/mol. The molecule has 7 nitrogen and oxygen atoms in total. The third kappa shape index (κ3) is 4.86. The van der Waals surface area contributed by atoms with Crippen molar-refractivity contribution < 1.29 is 27.5 Å². The number of carbonyl (C=O) groups excluding carboxylic acids is 2. The summed E-state index contributed by atoms with van der Waals surface area (Å²) in [6.07, 6.45) is -0.231. The fourth-order valence-electron chi connectivity index (χ4n) is 2.38. The number of anilines is 1. The number of aryl methyl sites for hydroxylation is 1. The number of nitrogens with one attached hydrogen (secondary N) is 1. The van der Waals surface area contributed by atoms with Gasteiger partial charge in [0.1, 0.15) is 10.8 Å². The molecule has 0 radical (unpaired) electrons. The molecule has 0 atom stereocenters. The maximum Gasteiger partial charge on any atom is 0.341 e. The number of carbonyl (C=O) groups is 2. The third-order valence-electron chi connectivity index (χ3n) is 4.04. The molecule has 1 amide bonds. The van der Waals surface area contributed by atoms with Crippen molar-refractivity contribution in [1.29, 1.82) is 0 Å². The quantitative estimate of drug-likeness (QED) is 0.704. The van der Waals surface area contributed by atoms with Crippen LogP contribution in [0.2, 0.25) is 0 Å². The molecule has 0 aliphatic carbocycles. The van der Waals surface area contributed by atoms with Gasteiger partial charge in [-0.25, -0.2) is 13.2 Å². The van der Waals surface area contributed by atoms with E-state index in [0.29, 0.717) is 16.3 Å². The molecule has 146 valence electrons. The summed E-state index contributed by atoms with van der Waals surface area (Å²) in [7, 11) is -0.855. The fourth-order valence-corrected chi connectivity index (χ4v) is 4.69. The Bertz CT molecular complexity index is 945.